The molecular weight excluding hydrogens is 276 g/mol. The Balaban J connectivity index is 1.99. The van der Waals surface area contributed by atoms with Crippen molar-refractivity contribution >= 4 is 11.6 Å². The molecule has 0 aliphatic carbocycles. The van der Waals surface area contributed by atoms with Crippen LogP contribution in [0.15, 0.2) is 24.5 Å². The average Bonchev–Trinajstić information content (AvgIpc) is 2.91. The van der Waals surface area contributed by atoms with Crippen LogP contribution in [0.2, 0.25) is 5.02 Å². The monoisotopic (exact) mass is 294 g/mol. The fraction of sp³-hybridized carbons (Fsp3) is 0.429. The van der Waals surface area contributed by atoms with Crippen molar-refractivity contribution in [3.8, 4) is 5.75 Å². The Labute approximate surface area is 123 Å². The first-order valence-corrected chi connectivity index (χ1v) is 7.11. The quantitative estimate of drug-likeness (QED) is 0.853. The maximum atomic E-state index is 6.23. The van der Waals surface area contributed by atoms with E-state index in [4.69, 9.17) is 16.3 Å². The fourth-order valence-corrected chi connectivity index (χ4v) is 2.10. The highest BCUT2D eigenvalue weighted by molar-refractivity contribution is 6.32. The van der Waals surface area contributed by atoms with E-state index < -0.39 is 0 Å². The molecule has 0 atom stereocenters. The molecule has 0 spiro atoms. The summed E-state index contributed by atoms with van der Waals surface area (Å²) >= 11 is 6.23. The summed E-state index contributed by atoms with van der Waals surface area (Å²) in [7, 11) is 0. The number of nitrogens with one attached hydrogen (secondary N) is 1. The molecule has 0 saturated heterocycles. The summed E-state index contributed by atoms with van der Waals surface area (Å²) in [5.74, 6) is 1.46. The molecule has 0 bridgehead atoms. The predicted molar refractivity (Wildman–Crippen MR) is 78.9 cm³/mol. The van der Waals surface area contributed by atoms with Gasteiger partial charge in [0.05, 0.1) is 5.02 Å². The predicted octanol–water partition coefficient (Wildman–Crippen LogP) is 2.64. The number of aromatic nitrogens is 3. The molecule has 1 heterocycles. The van der Waals surface area contributed by atoms with Gasteiger partial charge in [-0.25, -0.2) is 9.67 Å². The highest BCUT2D eigenvalue weighted by atomic mass is 35.5. The van der Waals surface area contributed by atoms with Crippen LogP contribution in [-0.4, -0.2) is 21.3 Å². The van der Waals surface area contributed by atoms with Crippen LogP contribution < -0.4 is 10.1 Å². The van der Waals surface area contributed by atoms with Crippen molar-refractivity contribution in [3.05, 3.63) is 40.9 Å². The van der Waals surface area contributed by atoms with Gasteiger partial charge in [0, 0.05) is 13.1 Å². The second kappa shape index (κ2) is 7.26. The molecule has 0 aliphatic heterocycles. The highest BCUT2D eigenvalue weighted by Crippen LogP contribution is 2.26. The van der Waals surface area contributed by atoms with Gasteiger partial charge < -0.3 is 10.1 Å². The number of benzene rings is 1. The van der Waals surface area contributed by atoms with E-state index in [1.54, 1.807) is 4.68 Å². The van der Waals surface area contributed by atoms with E-state index in [0.29, 0.717) is 17.4 Å². The largest absolute Gasteiger partial charge is 0.484 e. The molecule has 0 aliphatic rings. The van der Waals surface area contributed by atoms with Crippen LogP contribution in [0.4, 0.5) is 0 Å². The first kappa shape index (κ1) is 14.8. The molecular formula is C14H19ClN4O. The smallest absolute Gasteiger partial charge is 0.164 e. The zero-order valence-corrected chi connectivity index (χ0v) is 12.5. The van der Waals surface area contributed by atoms with E-state index in [2.05, 4.69) is 22.3 Å². The van der Waals surface area contributed by atoms with Crippen molar-refractivity contribution in [2.45, 2.75) is 33.5 Å². The van der Waals surface area contributed by atoms with Crippen LogP contribution in [-0.2, 0) is 19.7 Å². The zero-order chi connectivity index (χ0) is 14.4. The molecule has 0 amide bonds. The second-order valence-electron chi connectivity index (χ2n) is 4.33. The van der Waals surface area contributed by atoms with Gasteiger partial charge in [-0.3, -0.25) is 0 Å². The lowest BCUT2D eigenvalue weighted by Crippen LogP contribution is -2.11. The van der Waals surface area contributed by atoms with Crippen LogP contribution in [0, 0.1) is 0 Å². The SMILES string of the molecule is CCNCc1ccc(OCc2ncnn2CC)c(Cl)c1. The second-order valence-corrected chi connectivity index (χ2v) is 4.73. The number of hydrogen-bond donors (Lipinski definition) is 1. The van der Waals surface area contributed by atoms with Crippen molar-refractivity contribution in [2.24, 2.45) is 0 Å². The van der Waals surface area contributed by atoms with Gasteiger partial charge in [-0.15, -0.1) is 0 Å². The van der Waals surface area contributed by atoms with E-state index >= 15 is 0 Å². The minimum atomic E-state index is 0.361. The van der Waals surface area contributed by atoms with Crippen molar-refractivity contribution in [2.75, 3.05) is 6.54 Å². The standard InChI is InChI=1S/C14H19ClN4O/c1-3-16-8-11-5-6-13(12(15)7-11)20-9-14-17-10-18-19(14)4-2/h5-7,10,16H,3-4,8-9H2,1-2H3. The van der Waals surface area contributed by atoms with Gasteiger partial charge in [-0.1, -0.05) is 24.6 Å². The van der Waals surface area contributed by atoms with Gasteiger partial charge in [0.2, 0.25) is 0 Å². The van der Waals surface area contributed by atoms with Gasteiger partial charge >= 0.3 is 0 Å². The van der Waals surface area contributed by atoms with Crippen molar-refractivity contribution in [3.63, 3.8) is 0 Å². The van der Waals surface area contributed by atoms with Crippen LogP contribution in [0.5, 0.6) is 5.75 Å². The number of ether oxygens (including phenoxy) is 1. The minimum absolute atomic E-state index is 0.361. The molecule has 108 valence electrons. The third-order valence-electron chi connectivity index (χ3n) is 2.93. The molecule has 0 radical (unpaired) electrons. The molecule has 0 unspecified atom stereocenters. The average molecular weight is 295 g/mol. The highest BCUT2D eigenvalue weighted by Gasteiger charge is 2.07. The maximum absolute atomic E-state index is 6.23. The van der Waals surface area contributed by atoms with Crippen LogP contribution in [0.25, 0.3) is 0 Å². The number of nitrogens with zero attached hydrogens (tertiary/aromatic N) is 3. The Kier molecular flexibility index (Phi) is 5.38. The van der Waals surface area contributed by atoms with E-state index in [0.717, 1.165) is 31.0 Å². The summed E-state index contributed by atoms with van der Waals surface area (Å²) in [4.78, 5) is 4.16. The minimum Gasteiger partial charge on any atom is -0.484 e. The third kappa shape index (κ3) is 3.71. The van der Waals surface area contributed by atoms with Crippen molar-refractivity contribution in [1.29, 1.82) is 0 Å². The van der Waals surface area contributed by atoms with E-state index in [1.165, 1.54) is 6.33 Å². The van der Waals surface area contributed by atoms with E-state index in [1.807, 2.05) is 25.1 Å². The molecule has 20 heavy (non-hydrogen) atoms. The molecule has 2 rings (SSSR count). The lowest BCUT2D eigenvalue weighted by molar-refractivity contribution is 0.287. The summed E-state index contributed by atoms with van der Waals surface area (Å²) in [5.41, 5.74) is 1.14. The lowest BCUT2D eigenvalue weighted by atomic mass is 10.2. The first-order valence-electron chi connectivity index (χ1n) is 6.73. The molecule has 5 nitrogen and oxygen atoms in total. The number of rotatable bonds is 7. The Hall–Kier alpha value is -1.59. The van der Waals surface area contributed by atoms with Gasteiger partial charge in [0.15, 0.2) is 5.82 Å². The maximum Gasteiger partial charge on any atom is 0.164 e. The zero-order valence-electron chi connectivity index (χ0n) is 11.8. The summed E-state index contributed by atoms with van der Waals surface area (Å²) in [6.07, 6.45) is 1.53. The molecule has 0 fully saturated rings. The first-order chi connectivity index (χ1) is 9.74. The van der Waals surface area contributed by atoms with E-state index in [9.17, 15) is 0 Å². The van der Waals surface area contributed by atoms with Crippen LogP contribution in [0.3, 0.4) is 0 Å². The van der Waals surface area contributed by atoms with Gasteiger partial charge in [-0.05, 0) is 31.2 Å². The van der Waals surface area contributed by atoms with Gasteiger partial charge in [-0.2, -0.15) is 5.10 Å². The molecule has 1 aromatic carbocycles. The van der Waals surface area contributed by atoms with Crippen molar-refractivity contribution in [1.82, 2.24) is 20.1 Å². The number of halogens is 1. The Morgan fingerprint density at radius 1 is 1.35 bits per heavy atom. The molecule has 1 aromatic heterocycles. The Bertz CT molecular complexity index is 556. The number of aryl methyl sites for hydroxylation is 1. The Morgan fingerprint density at radius 3 is 2.90 bits per heavy atom. The van der Waals surface area contributed by atoms with Crippen LogP contribution in [0.1, 0.15) is 25.2 Å². The molecule has 0 saturated carbocycles. The van der Waals surface area contributed by atoms with Crippen LogP contribution >= 0.6 is 11.6 Å². The lowest BCUT2D eigenvalue weighted by Gasteiger charge is -2.10. The summed E-state index contributed by atoms with van der Waals surface area (Å²) < 4.78 is 7.51. The molecule has 1 N–H and O–H groups in total. The summed E-state index contributed by atoms with van der Waals surface area (Å²) in [5, 5.41) is 7.98. The summed E-state index contributed by atoms with van der Waals surface area (Å²) in [6.45, 7) is 6.96. The topological polar surface area (TPSA) is 52.0 Å². The normalized spacial score (nSPS) is 10.8. The third-order valence-corrected chi connectivity index (χ3v) is 3.22. The molecule has 6 heteroatoms. The summed E-state index contributed by atoms with van der Waals surface area (Å²) in [6, 6.07) is 5.82. The number of hydrogen-bond acceptors (Lipinski definition) is 4. The van der Waals surface area contributed by atoms with Gasteiger partial charge in [0.25, 0.3) is 0 Å². The molecule has 2 aromatic rings. The Morgan fingerprint density at radius 2 is 2.20 bits per heavy atom. The van der Waals surface area contributed by atoms with Crippen molar-refractivity contribution < 1.29 is 4.74 Å². The fourth-order valence-electron chi connectivity index (χ4n) is 1.85. The van der Waals surface area contributed by atoms with Gasteiger partial charge in [0.1, 0.15) is 18.7 Å². The van der Waals surface area contributed by atoms with E-state index in [-0.39, 0.29) is 0 Å².